The van der Waals surface area contributed by atoms with E-state index in [0.29, 0.717) is 10.6 Å². The van der Waals surface area contributed by atoms with Crippen LogP contribution in [-0.2, 0) is 9.63 Å². The highest BCUT2D eigenvalue weighted by atomic mass is 35.5. The van der Waals surface area contributed by atoms with E-state index < -0.39 is 6.10 Å². The molecule has 0 aromatic heterocycles. The van der Waals surface area contributed by atoms with Gasteiger partial charge in [0.05, 0.1) is 19.6 Å². The first-order valence-electron chi connectivity index (χ1n) is 4.78. The second-order valence-electron chi connectivity index (χ2n) is 3.35. The minimum absolute atomic E-state index is 0.0219. The number of benzene rings is 1. The molecule has 4 nitrogen and oxygen atoms in total. The standard InChI is InChI=1S/C11H14ClNO3/c1-13(16-2)11(15)7-10(14)8-3-5-9(12)6-4-8/h3-6,10,14H,7H2,1-2H3. The van der Waals surface area contributed by atoms with Gasteiger partial charge in [-0.3, -0.25) is 9.63 Å². The van der Waals surface area contributed by atoms with Crippen LogP contribution in [0.1, 0.15) is 18.1 Å². The molecular weight excluding hydrogens is 230 g/mol. The Morgan fingerprint density at radius 3 is 2.56 bits per heavy atom. The molecule has 0 spiro atoms. The molecular formula is C11H14ClNO3. The summed E-state index contributed by atoms with van der Waals surface area (Å²) in [5.74, 6) is -0.287. The summed E-state index contributed by atoms with van der Waals surface area (Å²) in [6.07, 6.45) is -0.867. The summed E-state index contributed by atoms with van der Waals surface area (Å²) >= 11 is 5.72. The zero-order valence-corrected chi connectivity index (χ0v) is 9.94. The molecule has 1 aromatic rings. The molecule has 0 aliphatic carbocycles. The summed E-state index contributed by atoms with van der Waals surface area (Å²) in [6, 6.07) is 6.72. The van der Waals surface area contributed by atoms with Crippen LogP contribution in [0.5, 0.6) is 0 Å². The van der Waals surface area contributed by atoms with E-state index in [-0.39, 0.29) is 12.3 Å². The van der Waals surface area contributed by atoms with Crippen LogP contribution in [0.3, 0.4) is 0 Å². The Morgan fingerprint density at radius 2 is 2.06 bits per heavy atom. The summed E-state index contributed by atoms with van der Waals surface area (Å²) in [6.45, 7) is 0. The quantitative estimate of drug-likeness (QED) is 0.821. The van der Waals surface area contributed by atoms with Crippen LogP contribution < -0.4 is 0 Å². The highest BCUT2D eigenvalue weighted by molar-refractivity contribution is 6.30. The fourth-order valence-electron chi connectivity index (χ4n) is 1.20. The number of aliphatic hydroxyl groups excluding tert-OH is 1. The second-order valence-corrected chi connectivity index (χ2v) is 3.78. The summed E-state index contributed by atoms with van der Waals surface area (Å²) in [5.41, 5.74) is 0.655. The first kappa shape index (κ1) is 13.0. The van der Waals surface area contributed by atoms with E-state index in [1.165, 1.54) is 14.2 Å². The first-order chi connectivity index (χ1) is 7.54. The fourth-order valence-corrected chi connectivity index (χ4v) is 1.32. The van der Waals surface area contributed by atoms with Crippen LogP contribution in [0.25, 0.3) is 0 Å². The Kier molecular flexibility index (Phi) is 4.73. The van der Waals surface area contributed by atoms with Gasteiger partial charge in [0.15, 0.2) is 0 Å². The molecule has 1 amide bonds. The Morgan fingerprint density at radius 1 is 1.50 bits per heavy atom. The molecule has 0 radical (unpaired) electrons. The van der Waals surface area contributed by atoms with Crippen molar-refractivity contribution in [3.8, 4) is 0 Å². The van der Waals surface area contributed by atoms with Crippen LogP contribution in [0, 0.1) is 0 Å². The average molecular weight is 244 g/mol. The summed E-state index contributed by atoms with van der Waals surface area (Å²) in [4.78, 5) is 16.2. The van der Waals surface area contributed by atoms with Crippen molar-refractivity contribution in [1.29, 1.82) is 0 Å². The molecule has 88 valence electrons. The van der Waals surface area contributed by atoms with Crippen molar-refractivity contribution in [1.82, 2.24) is 5.06 Å². The molecule has 1 N–H and O–H groups in total. The molecule has 1 unspecified atom stereocenters. The van der Waals surface area contributed by atoms with E-state index in [9.17, 15) is 9.90 Å². The molecule has 0 saturated carbocycles. The minimum atomic E-state index is -0.845. The van der Waals surface area contributed by atoms with Crippen molar-refractivity contribution in [2.75, 3.05) is 14.2 Å². The lowest BCUT2D eigenvalue weighted by molar-refractivity contribution is -0.170. The lowest BCUT2D eigenvalue weighted by Gasteiger charge is -2.16. The highest BCUT2D eigenvalue weighted by Gasteiger charge is 2.16. The van der Waals surface area contributed by atoms with Crippen LogP contribution in [0.15, 0.2) is 24.3 Å². The summed E-state index contributed by atoms with van der Waals surface area (Å²) in [7, 11) is 2.89. The minimum Gasteiger partial charge on any atom is -0.388 e. The maximum atomic E-state index is 11.4. The number of carbonyl (C=O) groups is 1. The predicted octanol–water partition coefficient (Wildman–Crippen LogP) is 1.78. The fraction of sp³-hybridized carbons (Fsp3) is 0.364. The van der Waals surface area contributed by atoms with Crippen molar-refractivity contribution in [2.24, 2.45) is 0 Å². The van der Waals surface area contributed by atoms with E-state index in [2.05, 4.69) is 0 Å². The predicted molar refractivity (Wildman–Crippen MR) is 60.8 cm³/mol. The maximum absolute atomic E-state index is 11.4. The van der Waals surface area contributed by atoms with Gasteiger partial charge in [0.25, 0.3) is 0 Å². The molecule has 16 heavy (non-hydrogen) atoms. The van der Waals surface area contributed by atoms with Gasteiger partial charge in [-0.2, -0.15) is 0 Å². The second kappa shape index (κ2) is 5.84. The van der Waals surface area contributed by atoms with Gasteiger partial charge in [0.1, 0.15) is 0 Å². The number of rotatable bonds is 4. The number of halogens is 1. The van der Waals surface area contributed by atoms with Gasteiger partial charge in [-0.05, 0) is 17.7 Å². The number of hydrogen-bond donors (Lipinski definition) is 1. The van der Waals surface area contributed by atoms with Crippen molar-refractivity contribution in [3.63, 3.8) is 0 Å². The molecule has 0 fully saturated rings. The molecule has 5 heteroatoms. The van der Waals surface area contributed by atoms with E-state index in [0.717, 1.165) is 5.06 Å². The molecule has 1 rings (SSSR count). The third kappa shape index (κ3) is 3.48. The Balaban J connectivity index is 2.62. The molecule has 0 aliphatic heterocycles. The largest absolute Gasteiger partial charge is 0.388 e. The average Bonchev–Trinajstić information content (AvgIpc) is 2.28. The molecule has 0 heterocycles. The van der Waals surface area contributed by atoms with Crippen LogP contribution >= 0.6 is 11.6 Å². The number of amides is 1. The SMILES string of the molecule is CON(C)C(=O)CC(O)c1ccc(Cl)cc1. The smallest absolute Gasteiger partial charge is 0.248 e. The van der Waals surface area contributed by atoms with Crippen molar-refractivity contribution in [2.45, 2.75) is 12.5 Å². The normalized spacial score (nSPS) is 12.2. The molecule has 0 aliphatic rings. The third-order valence-electron chi connectivity index (χ3n) is 2.25. The van der Waals surface area contributed by atoms with E-state index in [1.807, 2.05) is 0 Å². The van der Waals surface area contributed by atoms with Gasteiger partial charge >= 0.3 is 0 Å². The van der Waals surface area contributed by atoms with Crippen LogP contribution in [0.2, 0.25) is 5.02 Å². The Labute approximate surface area is 99.3 Å². The molecule has 1 aromatic carbocycles. The number of aliphatic hydroxyl groups is 1. The van der Waals surface area contributed by atoms with Gasteiger partial charge < -0.3 is 5.11 Å². The summed E-state index contributed by atoms with van der Waals surface area (Å²) < 4.78 is 0. The topological polar surface area (TPSA) is 49.8 Å². The van der Waals surface area contributed by atoms with Gasteiger partial charge in [-0.25, -0.2) is 5.06 Å². The number of hydrogen-bond acceptors (Lipinski definition) is 3. The van der Waals surface area contributed by atoms with E-state index in [1.54, 1.807) is 24.3 Å². The zero-order valence-electron chi connectivity index (χ0n) is 9.18. The van der Waals surface area contributed by atoms with Crippen LogP contribution in [-0.4, -0.2) is 30.2 Å². The van der Waals surface area contributed by atoms with Crippen molar-refractivity contribution >= 4 is 17.5 Å². The Bertz CT molecular complexity index is 353. The number of hydroxylamine groups is 2. The van der Waals surface area contributed by atoms with Crippen molar-refractivity contribution in [3.05, 3.63) is 34.9 Å². The zero-order chi connectivity index (χ0) is 12.1. The van der Waals surface area contributed by atoms with Crippen molar-refractivity contribution < 1.29 is 14.7 Å². The monoisotopic (exact) mass is 243 g/mol. The lowest BCUT2D eigenvalue weighted by atomic mass is 10.1. The number of nitrogens with zero attached hydrogens (tertiary/aromatic N) is 1. The van der Waals surface area contributed by atoms with Gasteiger partial charge in [-0.15, -0.1) is 0 Å². The molecule has 0 bridgehead atoms. The van der Waals surface area contributed by atoms with E-state index in [4.69, 9.17) is 16.4 Å². The van der Waals surface area contributed by atoms with Crippen LogP contribution in [0.4, 0.5) is 0 Å². The molecule has 0 saturated heterocycles. The molecule has 1 atom stereocenters. The maximum Gasteiger partial charge on any atom is 0.248 e. The number of carbonyl (C=O) groups excluding carboxylic acids is 1. The van der Waals surface area contributed by atoms with Gasteiger partial charge in [0, 0.05) is 12.1 Å². The van der Waals surface area contributed by atoms with Gasteiger partial charge in [0.2, 0.25) is 5.91 Å². The lowest BCUT2D eigenvalue weighted by Crippen LogP contribution is -2.26. The highest BCUT2D eigenvalue weighted by Crippen LogP contribution is 2.19. The van der Waals surface area contributed by atoms with E-state index >= 15 is 0 Å². The summed E-state index contributed by atoms with van der Waals surface area (Å²) in [5, 5.41) is 11.5. The van der Waals surface area contributed by atoms with Gasteiger partial charge in [-0.1, -0.05) is 23.7 Å². The third-order valence-corrected chi connectivity index (χ3v) is 2.50. The Hall–Kier alpha value is -1.10. The first-order valence-corrected chi connectivity index (χ1v) is 5.16.